The molecule has 0 radical (unpaired) electrons. The second-order valence-electron chi connectivity index (χ2n) is 3.06. The van der Waals surface area contributed by atoms with Crippen LogP contribution < -0.4 is 4.90 Å². The number of hydrogen-bond acceptors (Lipinski definition) is 4. The Hall–Kier alpha value is -2.09. The van der Waals surface area contributed by atoms with E-state index in [1.807, 2.05) is 0 Å². The van der Waals surface area contributed by atoms with Crippen molar-refractivity contribution < 1.29 is 9.90 Å². The molecule has 1 rings (SSSR count). The molecule has 1 aromatic heterocycles. The van der Waals surface area contributed by atoms with E-state index in [1.165, 1.54) is 6.07 Å². The third kappa shape index (κ3) is 2.68. The fourth-order valence-electron chi connectivity index (χ4n) is 1.04. The zero-order chi connectivity index (χ0) is 11.4. The highest BCUT2D eigenvalue weighted by Crippen LogP contribution is 2.08. The molecule has 1 heterocycles. The molecule has 0 aliphatic heterocycles. The first-order chi connectivity index (χ1) is 7.04. The van der Waals surface area contributed by atoms with Crippen molar-refractivity contribution in [2.75, 3.05) is 18.5 Å². The van der Waals surface area contributed by atoms with Gasteiger partial charge in [0.15, 0.2) is 5.69 Å². The average molecular weight is 205 g/mol. The minimum Gasteiger partial charge on any atom is -0.477 e. The van der Waals surface area contributed by atoms with E-state index in [0.717, 1.165) is 0 Å². The summed E-state index contributed by atoms with van der Waals surface area (Å²) in [5.41, 5.74) is 0.572. The molecule has 0 unspecified atom stereocenters. The van der Waals surface area contributed by atoms with E-state index in [0.29, 0.717) is 18.2 Å². The summed E-state index contributed by atoms with van der Waals surface area (Å²) in [4.78, 5) is 20.3. The predicted octanol–water partition coefficient (Wildman–Crippen LogP) is 0.553. The molecule has 0 aliphatic rings. The van der Waals surface area contributed by atoms with Crippen molar-refractivity contribution in [1.29, 1.82) is 0 Å². The minimum absolute atomic E-state index is 0.0265. The highest BCUT2D eigenvalue weighted by atomic mass is 16.4. The molecule has 5 nitrogen and oxygen atoms in total. The molecular weight excluding hydrogens is 194 g/mol. The highest BCUT2D eigenvalue weighted by Gasteiger charge is 2.10. The summed E-state index contributed by atoms with van der Waals surface area (Å²) in [6.45, 7) is 2.05. The molecule has 0 atom stereocenters. The molecule has 0 aromatic carbocycles. The molecule has 1 N–H and O–H groups in total. The zero-order valence-corrected chi connectivity index (χ0v) is 8.56. The van der Waals surface area contributed by atoms with Gasteiger partial charge in [0.2, 0.25) is 5.95 Å². The Morgan fingerprint density at radius 1 is 1.67 bits per heavy atom. The number of carboxylic acids is 1. The lowest BCUT2D eigenvalue weighted by molar-refractivity contribution is 0.0690. The van der Waals surface area contributed by atoms with E-state index >= 15 is 0 Å². The van der Waals surface area contributed by atoms with Crippen molar-refractivity contribution in [2.45, 2.75) is 6.92 Å². The topological polar surface area (TPSA) is 66.3 Å². The van der Waals surface area contributed by atoms with Gasteiger partial charge >= 0.3 is 5.97 Å². The van der Waals surface area contributed by atoms with Gasteiger partial charge in [0.05, 0.1) is 6.54 Å². The van der Waals surface area contributed by atoms with Crippen LogP contribution in [0.3, 0.4) is 0 Å². The van der Waals surface area contributed by atoms with Gasteiger partial charge in [0, 0.05) is 12.7 Å². The molecular formula is C10H11N3O2. The molecule has 0 bridgehead atoms. The van der Waals surface area contributed by atoms with Crippen LogP contribution in [0.1, 0.15) is 16.2 Å². The largest absolute Gasteiger partial charge is 0.477 e. The van der Waals surface area contributed by atoms with E-state index in [4.69, 9.17) is 11.5 Å². The monoisotopic (exact) mass is 205 g/mol. The van der Waals surface area contributed by atoms with Crippen molar-refractivity contribution >= 4 is 11.9 Å². The number of anilines is 1. The second-order valence-corrected chi connectivity index (χ2v) is 3.06. The SMILES string of the molecule is C#CCN(C)c1nc(C)cc(C(=O)O)n1. The third-order valence-electron chi connectivity index (χ3n) is 1.73. The number of carboxylic acid groups (broad SMARTS) is 1. The minimum atomic E-state index is -1.07. The van der Waals surface area contributed by atoms with E-state index in [9.17, 15) is 4.79 Å². The maximum absolute atomic E-state index is 10.7. The van der Waals surface area contributed by atoms with Crippen LogP contribution in [0, 0.1) is 19.3 Å². The van der Waals surface area contributed by atoms with Crippen LogP contribution in [0.2, 0.25) is 0 Å². The molecule has 1 aromatic rings. The second kappa shape index (κ2) is 4.42. The van der Waals surface area contributed by atoms with Crippen molar-refractivity contribution in [3.05, 3.63) is 17.5 Å². The van der Waals surface area contributed by atoms with Gasteiger partial charge in [0.25, 0.3) is 0 Å². The zero-order valence-electron chi connectivity index (χ0n) is 8.56. The van der Waals surface area contributed by atoms with E-state index < -0.39 is 5.97 Å². The molecule has 0 saturated heterocycles. The molecule has 0 saturated carbocycles. The van der Waals surface area contributed by atoms with Crippen LogP contribution in [0.5, 0.6) is 0 Å². The lowest BCUT2D eigenvalue weighted by Crippen LogP contribution is -2.21. The molecule has 0 aliphatic carbocycles. The maximum atomic E-state index is 10.7. The number of rotatable bonds is 3. The normalized spacial score (nSPS) is 9.40. The summed E-state index contributed by atoms with van der Waals surface area (Å²) < 4.78 is 0. The van der Waals surface area contributed by atoms with Crippen LogP contribution in [0.15, 0.2) is 6.07 Å². The van der Waals surface area contributed by atoms with Crippen LogP contribution in [-0.2, 0) is 0 Å². The van der Waals surface area contributed by atoms with Crippen LogP contribution in [-0.4, -0.2) is 34.6 Å². The number of hydrogen-bond donors (Lipinski definition) is 1. The molecule has 0 spiro atoms. The number of carbonyl (C=O) groups is 1. The quantitative estimate of drug-likeness (QED) is 0.730. The Balaban J connectivity index is 3.09. The maximum Gasteiger partial charge on any atom is 0.354 e. The summed E-state index contributed by atoms with van der Waals surface area (Å²) in [7, 11) is 1.71. The summed E-state index contributed by atoms with van der Waals surface area (Å²) >= 11 is 0. The van der Waals surface area contributed by atoms with Crippen LogP contribution >= 0.6 is 0 Å². The fraction of sp³-hybridized carbons (Fsp3) is 0.300. The standard InChI is InChI=1S/C10H11N3O2/c1-4-5-13(3)10-11-7(2)6-8(12-10)9(14)15/h1,6H,5H2,2-3H3,(H,14,15). The molecule has 78 valence electrons. The molecule has 0 amide bonds. The fourth-order valence-corrected chi connectivity index (χ4v) is 1.04. The number of aromatic carboxylic acids is 1. The average Bonchev–Trinajstić information content (AvgIpc) is 2.17. The predicted molar refractivity (Wildman–Crippen MR) is 55.8 cm³/mol. The summed E-state index contributed by atoms with van der Waals surface area (Å²) in [5.74, 6) is 1.68. The number of aromatic nitrogens is 2. The van der Waals surface area contributed by atoms with Crippen LogP contribution in [0.4, 0.5) is 5.95 Å². The van der Waals surface area contributed by atoms with Crippen molar-refractivity contribution in [3.8, 4) is 12.3 Å². The Morgan fingerprint density at radius 3 is 2.87 bits per heavy atom. The molecule has 5 heteroatoms. The highest BCUT2D eigenvalue weighted by molar-refractivity contribution is 5.85. The van der Waals surface area contributed by atoms with Gasteiger partial charge in [-0.15, -0.1) is 6.42 Å². The first kappa shape index (κ1) is 11.0. The van der Waals surface area contributed by atoms with Gasteiger partial charge in [-0.25, -0.2) is 14.8 Å². The van der Waals surface area contributed by atoms with Gasteiger partial charge in [-0.1, -0.05) is 5.92 Å². The summed E-state index contributed by atoms with van der Waals surface area (Å²) in [6.07, 6.45) is 5.14. The molecule has 15 heavy (non-hydrogen) atoms. The first-order valence-electron chi connectivity index (χ1n) is 4.28. The smallest absolute Gasteiger partial charge is 0.354 e. The van der Waals surface area contributed by atoms with Gasteiger partial charge in [0.1, 0.15) is 0 Å². The van der Waals surface area contributed by atoms with Crippen molar-refractivity contribution in [2.24, 2.45) is 0 Å². The van der Waals surface area contributed by atoms with Crippen molar-refractivity contribution in [1.82, 2.24) is 9.97 Å². The molecule has 0 fully saturated rings. The number of nitrogens with zero attached hydrogens (tertiary/aromatic N) is 3. The Morgan fingerprint density at radius 2 is 2.33 bits per heavy atom. The van der Waals surface area contributed by atoms with E-state index in [1.54, 1.807) is 18.9 Å². The number of terminal acetylenes is 1. The Labute approximate surface area is 87.8 Å². The summed E-state index contributed by atoms with van der Waals surface area (Å²) in [6, 6.07) is 1.41. The van der Waals surface area contributed by atoms with E-state index in [-0.39, 0.29) is 5.69 Å². The van der Waals surface area contributed by atoms with Gasteiger partial charge in [-0.2, -0.15) is 0 Å². The lowest BCUT2D eigenvalue weighted by Gasteiger charge is -2.14. The van der Waals surface area contributed by atoms with Crippen LogP contribution in [0.25, 0.3) is 0 Å². The van der Waals surface area contributed by atoms with Crippen molar-refractivity contribution in [3.63, 3.8) is 0 Å². The first-order valence-corrected chi connectivity index (χ1v) is 4.28. The summed E-state index contributed by atoms with van der Waals surface area (Å²) in [5, 5.41) is 8.80. The lowest BCUT2D eigenvalue weighted by atomic mass is 10.3. The number of aryl methyl sites for hydroxylation is 1. The third-order valence-corrected chi connectivity index (χ3v) is 1.73. The Kier molecular flexibility index (Phi) is 3.24. The van der Waals surface area contributed by atoms with Gasteiger partial charge in [-0.3, -0.25) is 0 Å². The van der Waals surface area contributed by atoms with Gasteiger partial charge in [-0.05, 0) is 13.0 Å². The van der Waals surface area contributed by atoms with E-state index in [2.05, 4.69) is 15.9 Å². The Bertz CT molecular complexity index is 423. The van der Waals surface area contributed by atoms with Gasteiger partial charge < -0.3 is 10.0 Å².